The lowest BCUT2D eigenvalue weighted by Gasteiger charge is -2.40. The summed E-state index contributed by atoms with van der Waals surface area (Å²) < 4.78 is 0. The van der Waals surface area contributed by atoms with E-state index in [2.05, 4.69) is 36.2 Å². The second-order valence-electron chi connectivity index (χ2n) is 7.09. The van der Waals surface area contributed by atoms with Crippen LogP contribution in [0.5, 0.6) is 0 Å². The lowest BCUT2D eigenvalue weighted by Crippen LogP contribution is -2.33. The third kappa shape index (κ3) is 1.83. The third-order valence-electron chi connectivity index (χ3n) is 5.90. The number of rotatable bonds is 1. The minimum absolute atomic E-state index is 0.113. The number of nitrogens with one attached hydrogen (secondary N) is 1. The van der Waals surface area contributed by atoms with Crippen LogP contribution in [0.15, 0.2) is 34.1 Å². The van der Waals surface area contributed by atoms with Gasteiger partial charge in [0.25, 0.3) is 0 Å². The van der Waals surface area contributed by atoms with Gasteiger partial charge in [-0.1, -0.05) is 41.2 Å². The monoisotopic (exact) mass is 329 g/mol. The third-order valence-corrected chi connectivity index (χ3v) is 8.53. The summed E-state index contributed by atoms with van der Waals surface area (Å²) in [6.07, 6.45) is 4.19. The van der Waals surface area contributed by atoms with Gasteiger partial charge in [-0.25, -0.2) is 0 Å². The second-order valence-corrected chi connectivity index (χ2v) is 9.29. The Balaban J connectivity index is 1.68. The highest BCUT2D eigenvalue weighted by Gasteiger charge is 2.54. The highest BCUT2D eigenvalue weighted by Crippen LogP contribution is 2.63. The molecular weight excluding hydrogens is 310 g/mol. The van der Waals surface area contributed by atoms with E-state index in [1.54, 1.807) is 0 Å². The maximum atomic E-state index is 11.9. The topological polar surface area (TPSA) is 32.9 Å². The van der Waals surface area contributed by atoms with Crippen LogP contribution in [0.4, 0.5) is 0 Å². The molecule has 5 rings (SSSR count). The first-order valence-electron chi connectivity index (χ1n) is 8.17. The van der Waals surface area contributed by atoms with E-state index < -0.39 is 0 Å². The molecule has 0 spiro atoms. The zero-order chi connectivity index (χ0) is 14.8. The SMILES string of the molecule is Cc1ccc([C@H]2c3sc(=O)[nH]c3S[C@@H]3[C@@H]4CC[C@@H](C4)[C@@H]23)cc1. The fraction of sp³-hybridized carbons (Fsp3) is 0.500. The van der Waals surface area contributed by atoms with Crippen LogP contribution >= 0.6 is 23.1 Å². The number of hydrogen-bond acceptors (Lipinski definition) is 3. The molecule has 1 aromatic carbocycles. The molecule has 2 heterocycles. The van der Waals surface area contributed by atoms with E-state index in [-0.39, 0.29) is 4.87 Å². The molecule has 2 fully saturated rings. The van der Waals surface area contributed by atoms with Gasteiger partial charge in [0.15, 0.2) is 0 Å². The second kappa shape index (κ2) is 4.75. The number of thioether (sulfide) groups is 1. The number of aromatic nitrogens is 1. The van der Waals surface area contributed by atoms with E-state index in [0.29, 0.717) is 11.2 Å². The van der Waals surface area contributed by atoms with Gasteiger partial charge in [-0.3, -0.25) is 4.79 Å². The number of H-pyrrole nitrogens is 1. The van der Waals surface area contributed by atoms with Gasteiger partial charge in [-0.05, 0) is 49.5 Å². The Kier molecular flexibility index (Phi) is 2.90. The maximum absolute atomic E-state index is 11.9. The van der Waals surface area contributed by atoms with Gasteiger partial charge < -0.3 is 4.98 Å². The number of thiazole rings is 1. The lowest BCUT2D eigenvalue weighted by molar-refractivity contribution is 0.307. The first-order chi connectivity index (χ1) is 10.7. The number of fused-ring (bicyclic) bond motifs is 6. The Hall–Kier alpha value is -1.000. The molecule has 2 aliphatic carbocycles. The normalized spacial score (nSPS) is 35.4. The van der Waals surface area contributed by atoms with Crippen LogP contribution in [-0.4, -0.2) is 10.2 Å². The summed E-state index contributed by atoms with van der Waals surface area (Å²) in [6.45, 7) is 2.14. The average Bonchev–Trinajstić information content (AvgIpc) is 3.19. The number of benzene rings is 1. The first kappa shape index (κ1) is 13.4. The molecular formula is C18H19NOS2. The fourth-order valence-electron chi connectivity index (χ4n) is 5.00. The van der Waals surface area contributed by atoms with Gasteiger partial charge in [0.2, 0.25) is 0 Å². The Morgan fingerprint density at radius 3 is 2.73 bits per heavy atom. The van der Waals surface area contributed by atoms with E-state index in [9.17, 15) is 4.79 Å². The van der Waals surface area contributed by atoms with E-state index in [1.165, 1.54) is 46.6 Å². The van der Waals surface area contributed by atoms with Crippen LogP contribution in [0, 0.1) is 24.7 Å². The Morgan fingerprint density at radius 1 is 1.14 bits per heavy atom. The predicted molar refractivity (Wildman–Crippen MR) is 91.9 cm³/mol. The summed E-state index contributed by atoms with van der Waals surface area (Å²) in [5.74, 6) is 2.88. The molecule has 1 N–H and O–H groups in total. The molecule has 22 heavy (non-hydrogen) atoms. The van der Waals surface area contributed by atoms with E-state index in [0.717, 1.165) is 22.8 Å². The van der Waals surface area contributed by atoms with Crippen molar-refractivity contribution in [2.75, 3.05) is 0 Å². The zero-order valence-corrected chi connectivity index (χ0v) is 14.2. The van der Waals surface area contributed by atoms with Crippen LogP contribution < -0.4 is 4.87 Å². The largest absolute Gasteiger partial charge is 0.307 e. The van der Waals surface area contributed by atoms with Crippen molar-refractivity contribution < 1.29 is 0 Å². The highest BCUT2D eigenvalue weighted by molar-refractivity contribution is 8.00. The summed E-state index contributed by atoms with van der Waals surface area (Å²) in [6, 6.07) is 9.00. The standard InChI is InChI=1S/C18H19NOS2/c1-9-2-4-10(5-3-9)13-14-11-6-7-12(8-11)15(14)21-17-16(13)22-18(20)19-17/h2-5,11-15H,6-8H2,1H3,(H,19,20)/t11-,12+,13+,14-,15+/m0/s1. The molecule has 0 unspecified atom stereocenters. The van der Waals surface area contributed by atoms with E-state index in [1.807, 2.05) is 11.8 Å². The summed E-state index contributed by atoms with van der Waals surface area (Å²) in [4.78, 5) is 16.5. The van der Waals surface area contributed by atoms with Gasteiger partial charge >= 0.3 is 4.87 Å². The Bertz CT molecular complexity index is 775. The molecule has 0 amide bonds. The van der Waals surface area contributed by atoms with Crippen molar-refractivity contribution in [2.45, 2.75) is 42.4 Å². The van der Waals surface area contributed by atoms with Gasteiger partial charge in [0, 0.05) is 16.0 Å². The molecule has 3 aliphatic rings. The molecule has 2 saturated carbocycles. The molecule has 114 valence electrons. The number of aryl methyl sites for hydroxylation is 1. The predicted octanol–water partition coefficient (Wildman–Crippen LogP) is 4.40. The van der Waals surface area contributed by atoms with Crippen LogP contribution in [0.1, 0.15) is 41.2 Å². The van der Waals surface area contributed by atoms with Crippen molar-refractivity contribution in [1.82, 2.24) is 4.98 Å². The Labute approximate surface area is 138 Å². The van der Waals surface area contributed by atoms with Crippen molar-refractivity contribution in [3.63, 3.8) is 0 Å². The van der Waals surface area contributed by atoms with E-state index in [4.69, 9.17) is 0 Å². The molecule has 1 aromatic heterocycles. The maximum Gasteiger partial charge on any atom is 0.305 e. The highest BCUT2D eigenvalue weighted by atomic mass is 32.2. The van der Waals surface area contributed by atoms with E-state index >= 15 is 0 Å². The summed E-state index contributed by atoms with van der Waals surface area (Å²) in [5.41, 5.74) is 2.71. The molecule has 2 aromatic rings. The summed E-state index contributed by atoms with van der Waals surface area (Å²) >= 11 is 3.41. The fourth-order valence-corrected chi connectivity index (χ4v) is 7.89. The molecule has 2 bridgehead atoms. The molecule has 2 nitrogen and oxygen atoms in total. The van der Waals surface area contributed by atoms with Crippen molar-refractivity contribution >= 4 is 23.1 Å². The molecule has 1 aliphatic heterocycles. The zero-order valence-electron chi connectivity index (χ0n) is 12.5. The van der Waals surface area contributed by atoms with Crippen LogP contribution in [0.3, 0.4) is 0 Å². The van der Waals surface area contributed by atoms with Crippen LogP contribution in [0.25, 0.3) is 0 Å². The van der Waals surface area contributed by atoms with Gasteiger partial charge in [-0.2, -0.15) is 0 Å². The van der Waals surface area contributed by atoms with Gasteiger partial charge in [0.1, 0.15) is 0 Å². The molecule has 5 atom stereocenters. The number of hydrogen-bond donors (Lipinski definition) is 1. The van der Waals surface area contributed by atoms with Crippen molar-refractivity contribution in [3.05, 3.63) is 49.9 Å². The molecule has 0 radical (unpaired) electrons. The molecule has 4 heteroatoms. The van der Waals surface area contributed by atoms with Crippen LogP contribution in [0.2, 0.25) is 0 Å². The average molecular weight is 329 g/mol. The summed E-state index contributed by atoms with van der Waals surface area (Å²) in [5, 5.41) is 1.87. The Morgan fingerprint density at radius 2 is 1.91 bits per heavy atom. The molecule has 0 saturated heterocycles. The van der Waals surface area contributed by atoms with Gasteiger partial charge in [0.05, 0.1) is 5.03 Å². The van der Waals surface area contributed by atoms with Gasteiger partial charge in [-0.15, -0.1) is 11.8 Å². The van der Waals surface area contributed by atoms with Crippen molar-refractivity contribution in [3.8, 4) is 0 Å². The van der Waals surface area contributed by atoms with Crippen molar-refractivity contribution in [2.24, 2.45) is 17.8 Å². The smallest absolute Gasteiger partial charge is 0.305 e. The minimum atomic E-state index is 0.113. The lowest BCUT2D eigenvalue weighted by atomic mass is 9.75. The number of aromatic amines is 1. The first-order valence-corrected chi connectivity index (χ1v) is 9.86. The van der Waals surface area contributed by atoms with Crippen molar-refractivity contribution in [1.29, 1.82) is 0 Å². The summed E-state index contributed by atoms with van der Waals surface area (Å²) in [7, 11) is 0. The van der Waals surface area contributed by atoms with Crippen LogP contribution in [-0.2, 0) is 0 Å². The quantitative estimate of drug-likeness (QED) is 0.841. The minimum Gasteiger partial charge on any atom is -0.307 e.